The van der Waals surface area contributed by atoms with E-state index in [1.165, 1.54) is 28.2 Å². The number of nitrogens with zero attached hydrogens (tertiary/aromatic N) is 1. The van der Waals surface area contributed by atoms with Gasteiger partial charge in [0.25, 0.3) is 5.91 Å². The van der Waals surface area contributed by atoms with Gasteiger partial charge in [-0.3, -0.25) is 9.59 Å². The molecule has 116 valence electrons. The largest absolute Gasteiger partial charge is 0.351 e. The van der Waals surface area contributed by atoms with Crippen molar-refractivity contribution >= 4 is 29.3 Å². The summed E-state index contributed by atoms with van der Waals surface area (Å²) < 4.78 is 0. The molecule has 1 aromatic carbocycles. The lowest BCUT2D eigenvalue weighted by atomic mass is 10.0. The fourth-order valence-electron chi connectivity index (χ4n) is 2.63. The van der Waals surface area contributed by atoms with E-state index in [9.17, 15) is 9.59 Å². The van der Waals surface area contributed by atoms with Crippen molar-refractivity contribution < 1.29 is 9.59 Å². The van der Waals surface area contributed by atoms with Crippen LogP contribution in [0.1, 0.15) is 30.4 Å². The van der Waals surface area contributed by atoms with Gasteiger partial charge in [-0.25, -0.2) is 5.43 Å². The third-order valence-electron chi connectivity index (χ3n) is 3.84. The van der Waals surface area contributed by atoms with E-state index in [1.54, 1.807) is 0 Å². The highest BCUT2D eigenvalue weighted by Gasteiger charge is 2.17. The highest BCUT2D eigenvalue weighted by Crippen LogP contribution is 2.30. The van der Waals surface area contributed by atoms with E-state index in [4.69, 9.17) is 0 Å². The van der Waals surface area contributed by atoms with Gasteiger partial charge in [-0.1, -0.05) is 12.1 Å². The number of hydrogen-bond acceptors (Lipinski definition) is 4. The lowest BCUT2D eigenvalue weighted by Gasteiger charge is -2.16. The Bertz CT molecular complexity index is 628. The lowest BCUT2D eigenvalue weighted by Crippen LogP contribution is -2.37. The Morgan fingerprint density at radius 1 is 1.32 bits per heavy atom. The molecule has 22 heavy (non-hydrogen) atoms. The van der Waals surface area contributed by atoms with Crippen LogP contribution in [0.15, 0.2) is 28.2 Å². The van der Waals surface area contributed by atoms with Crippen LogP contribution >= 0.6 is 11.8 Å². The fraction of sp³-hybridized carbons (Fsp3) is 0.438. The highest BCUT2D eigenvalue weighted by molar-refractivity contribution is 7.99. The van der Waals surface area contributed by atoms with Crippen LogP contribution in [0.25, 0.3) is 0 Å². The zero-order valence-corrected chi connectivity index (χ0v) is 13.2. The van der Waals surface area contributed by atoms with Crippen LogP contribution in [0.2, 0.25) is 0 Å². The Balaban J connectivity index is 1.50. The molecule has 2 aliphatic heterocycles. The standard InChI is InChI=1S/C16H19N3O2S/c20-15-6-4-13(18-19-15)16(21)17-8-7-11-3-5-14-12(10-11)2-1-9-22-14/h3,5,10H,1-2,4,6-9H2,(H,17,21)(H,19,20). The van der Waals surface area contributed by atoms with Crippen LogP contribution in [-0.4, -0.2) is 29.8 Å². The van der Waals surface area contributed by atoms with Gasteiger partial charge in [0, 0.05) is 24.3 Å². The van der Waals surface area contributed by atoms with Crippen molar-refractivity contribution in [3.8, 4) is 0 Å². The summed E-state index contributed by atoms with van der Waals surface area (Å²) in [5.41, 5.74) is 5.43. The predicted molar refractivity (Wildman–Crippen MR) is 87.0 cm³/mol. The Morgan fingerprint density at radius 2 is 2.23 bits per heavy atom. The van der Waals surface area contributed by atoms with Crippen molar-refractivity contribution in [3.05, 3.63) is 29.3 Å². The third kappa shape index (κ3) is 3.68. The number of rotatable bonds is 4. The first kappa shape index (κ1) is 15.1. The summed E-state index contributed by atoms with van der Waals surface area (Å²) in [6.45, 7) is 0.581. The Hall–Kier alpha value is -1.82. The number of carbonyl (C=O) groups excluding carboxylic acids is 2. The number of aryl methyl sites for hydroxylation is 1. The first-order valence-corrected chi connectivity index (χ1v) is 8.59. The molecule has 1 aromatic rings. The fourth-order valence-corrected chi connectivity index (χ4v) is 3.65. The molecule has 0 unspecified atom stereocenters. The number of nitrogens with one attached hydrogen (secondary N) is 2. The highest BCUT2D eigenvalue weighted by atomic mass is 32.2. The minimum Gasteiger partial charge on any atom is -0.351 e. The van der Waals surface area contributed by atoms with E-state index in [1.807, 2.05) is 11.8 Å². The zero-order valence-electron chi connectivity index (χ0n) is 12.4. The summed E-state index contributed by atoms with van der Waals surface area (Å²) in [6.07, 6.45) is 3.94. The van der Waals surface area contributed by atoms with E-state index >= 15 is 0 Å². The van der Waals surface area contributed by atoms with E-state index < -0.39 is 0 Å². The maximum Gasteiger partial charge on any atom is 0.267 e. The molecule has 0 radical (unpaired) electrons. The predicted octanol–water partition coefficient (Wildman–Crippen LogP) is 1.65. The molecule has 0 saturated carbocycles. The number of fused-ring (bicyclic) bond motifs is 1. The van der Waals surface area contributed by atoms with Gasteiger partial charge in [-0.15, -0.1) is 11.8 Å². The summed E-state index contributed by atoms with van der Waals surface area (Å²) in [4.78, 5) is 24.3. The third-order valence-corrected chi connectivity index (χ3v) is 5.04. The first-order valence-electron chi connectivity index (χ1n) is 7.60. The molecule has 6 heteroatoms. The van der Waals surface area contributed by atoms with Crippen LogP contribution in [0.3, 0.4) is 0 Å². The first-order chi connectivity index (χ1) is 10.7. The summed E-state index contributed by atoms with van der Waals surface area (Å²) in [5, 5.41) is 6.67. The van der Waals surface area contributed by atoms with Crippen molar-refractivity contribution in [2.24, 2.45) is 5.10 Å². The minimum absolute atomic E-state index is 0.136. The van der Waals surface area contributed by atoms with Gasteiger partial charge >= 0.3 is 0 Å². The Labute approximate surface area is 133 Å². The van der Waals surface area contributed by atoms with Crippen molar-refractivity contribution in [1.29, 1.82) is 0 Å². The van der Waals surface area contributed by atoms with Gasteiger partial charge in [-0.05, 0) is 42.2 Å². The maximum atomic E-state index is 11.9. The van der Waals surface area contributed by atoms with Crippen LogP contribution < -0.4 is 10.7 Å². The molecule has 5 nitrogen and oxygen atoms in total. The summed E-state index contributed by atoms with van der Waals surface area (Å²) in [5.74, 6) is 0.887. The second-order valence-corrected chi connectivity index (χ2v) is 6.63. The lowest BCUT2D eigenvalue weighted by molar-refractivity contribution is -0.121. The topological polar surface area (TPSA) is 70.6 Å². The molecular formula is C16H19N3O2S. The second-order valence-electron chi connectivity index (χ2n) is 5.49. The van der Waals surface area contributed by atoms with Gasteiger partial charge in [0.1, 0.15) is 5.71 Å². The van der Waals surface area contributed by atoms with Gasteiger partial charge in [-0.2, -0.15) is 5.10 Å². The number of benzene rings is 1. The van der Waals surface area contributed by atoms with E-state index in [0.717, 1.165) is 12.8 Å². The molecule has 2 N–H and O–H groups in total. The molecular weight excluding hydrogens is 298 g/mol. The number of thioether (sulfide) groups is 1. The molecule has 0 aliphatic carbocycles. The maximum absolute atomic E-state index is 11.9. The quantitative estimate of drug-likeness (QED) is 0.887. The molecule has 2 aliphatic rings. The number of carbonyl (C=O) groups is 2. The average Bonchev–Trinajstić information content (AvgIpc) is 2.55. The molecule has 0 spiro atoms. The number of hydrazone groups is 1. The van der Waals surface area contributed by atoms with Crippen molar-refractivity contribution in [2.45, 2.75) is 37.0 Å². The monoisotopic (exact) mass is 317 g/mol. The summed E-state index contributed by atoms with van der Waals surface area (Å²) in [7, 11) is 0. The Morgan fingerprint density at radius 3 is 3.05 bits per heavy atom. The smallest absolute Gasteiger partial charge is 0.267 e. The van der Waals surface area contributed by atoms with Crippen LogP contribution in [0.4, 0.5) is 0 Å². The number of amides is 2. The summed E-state index contributed by atoms with van der Waals surface area (Å²) in [6, 6.07) is 6.59. The number of hydrogen-bond donors (Lipinski definition) is 2. The van der Waals surface area contributed by atoms with E-state index in [0.29, 0.717) is 25.1 Å². The van der Waals surface area contributed by atoms with Gasteiger partial charge in [0.2, 0.25) is 5.91 Å². The molecule has 2 heterocycles. The van der Waals surface area contributed by atoms with Gasteiger partial charge in [0.05, 0.1) is 0 Å². The SMILES string of the molecule is O=C1CCC(C(=O)NCCc2ccc3c(c2)CCCS3)=NN1. The van der Waals surface area contributed by atoms with Crippen LogP contribution in [-0.2, 0) is 22.4 Å². The average molecular weight is 317 g/mol. The van der Waals surface area contributed by atoms with Gasteiger partial charge in [0.15, 0.2) is 0 Å². The van der Waals surface area contributed by atoms with Crippen LogP contribution in [0, 0.1) is 0 Å². The van der Waals surface area contributed by atoms with Crippen molar-refractivity contribution in [2.75, 3.05) is 12.3 Å². The molecule has 3 rings (SSSR count). The van der Waals surface area contributed by atoms with Crippen LogP contribution in [0.5, 0.6) is 0 Å². The van der Waals surface area contributed by atoms with E-state index in [-0.39, 0.29) is 11.8 Å². The molecule has 0 saturated heterocycles. The van der Waals surface area contributed by atoms with E-state index in [2.05, 4.69) is 34.0 Å². The molecule has 2 amide bonds. The molecule has 0 aromatic heterocycles. The van der Waals surface area contributed by atoms with Crippen molar-refractivity contribution in [3.63, 3.8) is 0 Å². The zero-order chi connectivity index (χ0) is 15.4. The van der Waals surface area contributed by atoms with Crippen molar-refractivity contribution in [1.82, 2.24) is 10.7 Å². The minimum atomic E-state index is -0.187. The van der Waals surface area contributed by atoms with Gasteiger partial charge < -0.3 is 5.32 Å². The molecule has 0 atom stereocenters. The molecule has 0 bridgehead atoms. The second kappa shape index (κ2) is 6.96. The normalized spacial score (nSPS) is 17.3. The molecule has 0 fully saturated rings. The summed E-state index contributed by atoms with van der Waals surface area (Å²) >= 11 is 1.93. The Kier molecular flexibility index (Phi) is 4.77.